The lowest BCUT2D eigenvalue weighted by atomic mass is 9.94. The van der Waals surface area contributed by atoms with Crippen LogP contribution in [0.1, 0.15) is 82.4 Å². The number of rotatable bonds is 10. The minimum atomic E-state index is -0.544. The van der Waals surface area contributed by atoms with Gasteiger partial charge in [0, 0.05) is 32.5 Å². The van der Waals surface area contributed by atoms with Crippen LogP contribution in [0.2, 0.25) is 0 Å². The molecule has 6 nitrogen and oxygen atoms in total. The normalized spacial score (nSPS) is 16.8. The fourth-order valence-electron chi connectivity index (χ4n) is 5.34. The zero-order valence-electron chi connectivity index (χ0n) is 22.1. The van der Waals surface area contributed by atoms with E-state index in [9.17, 15) is 14.4 Å². The lowest BCUT2D eigenvalue weighted by Gasteiger charge is -2.28. The summed E-state index contributed by atoms with van der Waals surface area (Å²) in [5, 5.41) is 0. The molecule has 2 heterocycles. The van der Waals surface area contributed by atoms with Crippen molar-refractivity contribution in [1.82, 2.24) is 4.90 Å². The number of allylic oxidation sites excluding steroid dienone is 3. The predicted molar refractivity (Wildman–Crippen MR) is 142 cm³/mol. The number of hydrogen-bond donors (Lipinski definition) is 0. The molecule has 1 aliphatic carbocycles. The van der Waals surface area contributed by atoms with Gasteiger partial charge in [0.05, 0.1) is 5.69 Å². The summed E-state index contributed by atoms with van der Waals surface area (Å²) >= 11 is 0. The number of carbonyl (C=O) groups excluding carboxylic acids is 3. The summed E-state index contributed by atoms with van der Waals surface area (Å²) in [5.74, 6) is 0.412. The van der Waals surface area contributed by atoms with E-state index in [2.05, 4.69) is 12.1 Å². The van der Waals surface area contributed by atoms with Crippen LogP contribution in [0.3, 0.4) is 0 Å². The van der Waals surface area contributed by atoms with Crippen molar-refractivity contribution >= 4 is 23.5 Å². The number of ether oxygens (including phenoxy) is 1. The number of benzene rings is 1. The molecule has 3 aliphatic rings. The average Bonchev–Trinajstić information content (AvgIpc) is 3.25. The number of hydrogen-bond acceptors (Lipinski definition) is 4. The highest BCUT2D eigenvalue weighted by atomic mass is 16.6. The quantitative estimate of drug-likeness (QED) is 0.393. The van der Waals surface area contributed by atoms with Crippen LogP contribution in [0.15, 0.2) is 35.9 Å². The predicted octanol–water partition coefficient (Wildman–Crippen LogP) is 5.71. The summed E-state index contributed by atoms with van der Waals surface area (Å²) in [6.07, 6.45) is 14.0. The van der Waals surface area contributed by atoms with Gasteiger partial charge in [0.2, 0.25) is 5.91 Å². The molecule has 2 amide bonds. The van der Waals surface area contributed by atoms with Gasteiger partial charge in [0.1, 0.15) is 5.60 Å². The zero-order chi connectivity index (χ0) is 25.7. The SMILES string of the molecule is CC(C)(C)OC(=O)N(CCCCCCc1cc2c3c(c1)CCN3C(=O)CC2)CCC1=CC=CCC1=O. The smallest absolute Gasteiger partial charge is 0.410 e. The molecule has 0 saturated carbocycles. The highest BCUT2D eigenvalue weighted by Gasteiger charge is 2.31. The van der Waals surface area contributed by atoms with Gasteiger partial charge < -0.3 is 14.5 Å². The highest BCUT2D eigenvalue weighted by molar-refractivity contribution is 5.99. The van der Waals surface area contributed by atoms with E-state index in [4.69, 9.17) is 4.74 Å². The third-order valence-corrected chi connectivity index (χ3v) is 7.15. The molecule has 194 valence electrons. The van der Waals surface area contributed by atoms with E-state index in [0.717, 1.165) is 57.1 Å². The second-order valence-corrected chi connectivity index (χ2v) is 11.2. The molecule has 0 unspecified atom stereocenters. The van der Waals surface area contributed by atoms with Crippen molar-refractivity contribution in [2.24, 2.45) is 0 Å². The van der Waals surface area contributed by atoms with Gasteiger partial charge in [-0.3, -0.25) is 9.59 Å². The lowest BCUT2D eigenvalue weighted by Crippen LogP contribution is -2.38. The number of nitrogens with zero attached hydrogens (tertiary/aromatic N) is 2. The van der Waals surface area contributed by atoms with Crippen LogP contribution in [0, 0.1) is 0 Å². The molecule has 0 spiro atoms. The minimum absolute atomic E-state index is 0.140. The molecule has 0 N–H and O–H groups in total. The number of carbonyl (C=O) groups is 3. The van der Waals surface area contributed by atoms with Gasteiger partial charge in [-0.05, 0) is 81.6 Å². The van der Waals surface area contributed by atoms with Gasteiger partial charge in [-0.25, -0.2) is 4.79 Å². The first kappa shape index (κ1) is 26.2. The minimum Gasteiger partial charge on any atom is -0.444 e. The lowest BCUT2D eigenvalue weighted by molar-refractivity contribution is -0.118. The Morgan fingerprint density at radius 2 is 1.72 bits per heavy atom. The van der Waals surface area contributed by atoms with Crippen LogP contribution in [0.25, 0.3) is 0 Å². The Morgan fingerprint density at radius 3 is 2.47 bits per heavy atom. The zero-order valence-corrected chi connectivity index (χ0v) is 22.1. The number of unbranched alkanes of at least 4 members (excludes halogenated alkanes) is 3. The van der Waals surface area contributed by atoms with Gasteiger partial charge in [0.25, 0.3) is 0 Å². The second kappa shape index (κ2) is 11.4. The van der Waals surface area contributed by atoms with Crippen molar-refractivity contribution in [3.8, 4) is 0 Å². The van der Waals surface area contributed by atoms with Gasteiger partial charge in [-0.15, -0.1) is 0 Å². The Hall–Kier alpha value is -2.89. The Balaban J connectivity index is 1.24. The first-order valence-corrected chi connectivity index (χ1v) is 13.5. The maximum atomic E-state index is 12.8. The molecule has 36 heavy (non-hydrogen) atoms. The van der Waals surface area contributed by atoms with Crippen LogP contribution in [-0.4, -0.2) is 47.9 Å². The number of amides is 2. The van der Waals surface area contributed by atoms with Crippen molar-refractivity contribution in [3.05, 3.63) is 52.6 Å². The Labute approximate surface area is 215 Å². The van der Waals surface area contributed by atoms with Crippen LogP contribution >= 0.6 is 0 Å². The van der Waals surface area contributed by atoms with E-state index in [1.807, 2.05) is 43.9 Å². The molecule has 0 aromatic heterocycles. The standard InChI is InChI=1S/C30H40N2O4/c1-30(2,3)36-29(35)31(18-15-23-11-7-8-12-26(23)33)17-9-5-4-6-10-22-20-24-13-14-27(34)32-19-16-25(21-22)28(24)32/h7-8,11,20-21H,4-6,9-10,12-19H2,1-3H3. The molecule has 0 fully saturated rings. The van der Waals surface area contributed by atoms with Crippen LogP contribution in [0.5, 0.6) is 0 Å². The second-order valence-electron chi connectivity index (χ2n) is 11.2. The van der Waals surface area contributed by atoms with Crippen molar-refractivity contribution in [2.45, 2.75) is 90.6 Å². The fourth-order valence-corrected chi connectivity index (χ4v) is 5.34. The number of Topliss-reactive ketones (excluding diaryl/α,β-unsaturated/α-hetero) is 1. The summed E-state index contributed by atoms with van der Waals surface area (Å²) in [6, 6.07) is 4.61. The van der Waals surface area contributed by atoms with Crippen molar-refractivity contribution in [2.75, 3.05) is 24.5 Å². The molecule has 0 radical (unpaired) electrons. The summed E-state index contributed by atoms with van der Waals surface area (Å²) in [7, 11) is 0. The van der Waals surface area contributed by atoms with Gasteiger partial charge in [0.15, 0.2) is 5.78 Å². The monoisotopic (exact) mass is 492 g/mol. The molecule has 1 aromatic rings. The molecular weight excluding hydrogens is 452 g/mol. The number of anilines is 1. The summed E-state index contributed by atoms with van der Waals surface area (Å²) in [4.78, 5) is 40.8. The molecule has 0 bridgehead atoms. The van der Waals surface area contributed by atoms with Crippen LogP contribution in [0.4, 0.5) is 10.5 Å². The Kier molecular flexibility index (Phi) is 8.32. The number of aryl methyl sites for hydroxylation is 2. The van der Waals surface area contributed by atoms with E-state index >= 15 is 0 Å². The molecule has 1 aromatic carbocycles. The van der Waals surface area contributed by atoms with Crippen LogP contribution < -0.4 is 4.90 Å². The fraction of sp³-hybridized carbons (Fsp3) is 0.567. The molecule has 4 rings (SSSR count). The molecule has 0 saturated heterocycles. The molecular formula is C30H40N2O4. The number of ketones is 1. The van der Waals surface area contributed by atoms with Crippen LogP contribution in [-0.2, 0) is 33.6 Å². The first-order valence-electron chi connectivity index (χ1n) is 13.5. The van der Waals surface area contributed by atoms with Gasteiger partial charge >= 0.3 is 6.09 Å². The first-order chi connectivity index (χ1) is 17.2. The van der Waals surface area contributed by atoms with Gasteiger partial charge in [-0.1, -0.05) is 43.2 Å². The maximum Gasteiger partial charge on any atom is 0.410 e. The van der Waals surface area contributed by atoms with Gasteiger partial charge in [-0.2, -0.15) is 0 Å². The summed E-state index contributed by atoms with van der Waals surface area (Å²) < 4.78 is 5.62. The van der Waals surface area contributed by atoms with E-state index in [-0.39, 0.29) is 17.8 Å². The molecule has 2 aliphatic heterocycles. The topological polar surface area (TPSA) is 66.9 Å². The Bertz CT molecular complexity index is 1060. The van der Waals surface area contributed by atoms with Crippen molar-refractivity contribution < 1.29 is 19.1 Å². The highest BCUT2D eigenvalue weighted by Crippen LogP contribution is 2.37. The van der Waals surface area contributed by atoms with E-state index < -0.39 is 5.60 Å². The molecule has 6 heteroatoms. The van der Waals surface area contributed by atoms with E-state index in [1.165, 1.54) is 22.4 Å². The largest absolute Gasteiger partial charge is 0.444 e. The third kappa shape index (κ3) is 6.65. The summed E-state index contributed by atoms with van der Waals surface area (Å²) in [5.41, 5.74) is 5.50. The average molecular weight is 493 g/mol. The molecule has 0 atom stereocenters. The summed E-state index contributed by atoms with van der Waals surface area (Å²) in [6.45, 7) is 7.61. The van der Waals surface area contributed by atoms with Crippen molar-refractivity contribution in [1.29, 1.82) is 0 Å². The van der Waals surface area contributed by atoms with E-state index in [0.29, 0.717) is 32.4 Å². The maximum absolute atomic E-state index is 12.8. The third-order valence-electron chi connectivity index (χ3n) is 7.15. The Morgan fingerprint density at radius 1 is 0.972 bits per heavy atom. The van der Waals surface area contributed by atoms with Crippen molar-refractivity contribution in [3.63, 3.8) is 0 Å². The van der Waals surface area contributed by atoms with E-state index in [1.54, 1.807) is 4.90 Å².